The molecule has 0 radical (unpaired) electrons. The topological polar surface area (TPSA) is 70.9 Å². The molecule has 0 atom stereocenters. The zero-order valence-electron chi connectivity index (χ0n) is 14.8. The molecule has 3 aromatic rings. The van der Waals surface area contributed by atoms with Crippen LogP contribution in [0.5, 0.6) is 5.19 Å². The fraction of sp³-hybridized carbons (Fsp3) is 0.211. The number of anilines is 1. The number of nitrogens with one attached hydrogen (secondary N) is 2. The molecular weight excluding hydrogens is 332 g/mol. The van der Waals surface area contributed by atoms with E-state index in [-0.39, 0.29) is 0 Å². The van der Waals surface area contributed by atoms with Gasteiger partial charge in [-0.25, -0.2) is 4.98 Å². The van der Waals surface area contributed by atoms with Crippen molar-refractivity contribution in [3.8, 4) is 15.8 Å². The summed E-state index contributed by atoms with van der Waals surface area (Å²) in [4.78, 5) is 9.43. The summed E-state index contributed by atoms with van der Waals surface area (Å²) in [5, 5.41) is 10.9. The van der Waals surface area contributed by atoms with E-state index in [2.05, 4.69) is 15.3 Å². The smallest absolute Gasteiger partial charge is 0.273 e. The molecule has 130 valence electrons. The van der Waals surface area contributed by atoms with E-state index in [4.69, 9.17) is 10.1 Å². The van der Waals surface area contributed by atoms with Crippen molar-refractivity contribution in [2.75, 3.05) is 19.5 Å². The van der Waals surface area contributed by atoms with E-state index in [1.807, 2.05) is 57.4 Å². The first-order chi connectivity index (χ1) is 12.1. The van der Waals surface area contributed by atoms with Crippen molar-refractivity contribution >= 4 is 23.2 Å². The van der Waals surface area contributed by atoms with Crippen molar-refractivity contribution in [3.05, 3.63) is 59.4 Å². The second-order valence-electron chi connectivity index (χ2n) is 5.35. The fourth-order valence-corrected chi connectivity index (χ4v) is 2.94. The summed E-state index contributed by atoms with van der Waals surface area (Å²) < 4.78 is 5.02. The summed E-state index contributed by atoms with van der Waals surface area (Å²) in [6, 6.07) is 9.93. The Labute approximate surface area is 152 Å². The maximum atomic E-state index is 7.12. The molecule has 1 aromatic carbocycles. The molecule has 0 unspecified atom stereocenters. The maximum Gasteiger partial charge on any atom is 0.273 e. The minimum Gasteiger partial charge on any atom is -0.473 e. The number of methoxy groups -OCH3 is 1. The van der Waals surface area contributed by atoms with E-state index in [0.29, 0.717) is 5.19 Å². The van der Waals surface area contributed by atoms with Gasteiger partial charge in [0, 0.05) is 30.7 Å². The Morgan fingerprint density at radius 1 is 1.12 bits per heavy atom. The number of aromatic nitrogens is 2. The molecular formula is C19H22N4OS. The molecule has 25 heavy (non-hydrogen) atoms. The summed E-state index contributed by atoms with van der Waals surface area (Å²) in [5.74, 6) is 0. The highest BCUT2D eigenvalue weighted by molar-refractivity contribution is 7.16. The van der Waals surface area contributed by atoms with Gasteiger partial charge >= 0.3 is 0 Å². The van der Waals surface area contributed by atoms with Gasteiger partial charge in [0.15, 0.2) is 0 Å². The Morgan fingerprint density at radius 2 is 1.92 bits per heavy atom. The van der Waals surface area contributed by atoms with E-state index in [1.54, 1.807) is 13.3 Å². The van der Waals surface area contributed by atoms with Crippen molar-refractivity contribution in [1.29, 1.82) is 5.41 Å². The van der Waals surface area contributed by atoms with Crippen molar-refractivity contribution < 1.29 is 4.74 Å². The van der Waals surface area contributed by atoms with Crippen LogP contribution in [-0.4, -0.2) is 30.3 Å². The molecule has 0 saturated heterocycles. The molecule has 0 fully saturated rings. The van der Waals surface area contributed by atoms with Crippen LogP contribution in [0, 0.1) is 19.3 Å². The van der Waals surface area contributed by atoms with Gasteiger partial charge in [0.1, 0.15) is 0 Å². The first-order valence-electron chi connectivity index (χ1n) is 7.79. The Hall–Kier alpha value is -2.73. The Bertz CT molecular complexity index is 828. The number of para-hydroxylation sites is 1. The zero-order chi connectivity index (χ0) is 18.2. The van der Waals surface area contributed by atoms with Crippen LogP contribution in [0.25, 0.3) is 10.6 Å². The van der Waals surface area contributed by atoms with Gasteiger partial charge in [-0.15, -0.1) is 0 Å². The highest BCUT2D eigenvalue weighted by Crippen LogP contribution is 2.28. The monoisotopic (exact) mass is 354 g/mol. The number of aryl methyl sites for hydroxylation is 2. The zero-order valence-corrected chi connectivity index (χ0v) is 15.6. The quantitative estimate of drug-likeness (QED) is 0.674. The van der Waals surface area contributed by atoms with Crippen LogP contribution in [0.2, 0.25) is 0 Å². The Kier molecular flexibility index (Phi) is 6.65. The van der Waals surface area contributed by atoms with Gasteiger partial charge in [-0.05, 0) is 31.0 Å². The molecule has 2 heterocycles. The standard InChI is InChI=1S/C10H10N2OS.C9H12N2/c1-7-3-4-8(11-5-7)9-6-12-10(13-2)14-9;1-7-4-3-5-8(6-10)9(7)11-2/h3-6H,1-2H3;3-6,10-11H,1-2H3. The largest absolute Gasteiger partial charge is 0.473 e. The van der Waals surface area contributed by atoms with Crippen LogP contribution in [0.15, 0.2) is 42.7 Å². The molecule has 0 aliphatic carbocycles. The molecule has 0 aliphatic heterocycles. The molecule has 0 aliphatic rings. The van der Waals surface area contributed by atoms with Crippen molar-refractivity contribution in [2.24, 2.45) is 0 Å². The highest BCUT2D eigenvalue weighted by atomic mass is 32.1. The van der Waals surface area contributed by atoms with E-state index >= 15 is 0 Å². The average Bonchev–Trinajstić information content (AvgIpc) is 3.12. The summed E-state index contributed by atoms with van der Waals surface area (Å²) >= 11 is 1.50. The molecule has 6 heteroatoms. The lowest BCUT2D eigenvalue weighted by Crippen LogP contribution is -1.96. The van der Waals surface area contributed by atoms with E-state index in [1.165, 1.54) is 23.1 Å². The third-order valence-electron chi connectivity index (χ3n) is 3.53. The first kappa shape index (κ1) is 18.6. The number of nitrogens with zero attached hydrogens (tertiary/aromatic N) is 2. The second-order valence-corrected chi connectivity index (χ2v) is 6.34. The highest BCUT2D eigenvalue weighted by Gasteiger charge is 2.04. The van der Waals surface area contributed by atoms with Crippen LogP contribution in [0.3, 0.4) is 0 Å². The van der Waals surface area contributed by atoms with Crippen molar-refractivity contribution in [3.63, 3.8) is 0 Å². The van der Waals surface area contributed by atoms with Crippen molar-refractivity contribution in [2.45, 2.75) is 13.8 Å². The third-order valence-corrected chi connectivity index (χ3v) is 4.51. The lowest BCUT2D eigenvalue weighted by atomic mass is 10.1. The number of thiazole rings is 1. The fourth-order valence-electron chi connectivity index (χ4n) is 2.24. The van der Waals surface area contributed by atoms with Gasteiger partial charge in [0.2, 0.25) is 0 Å². The predicted octanol–water partition coefficient (Wildman–Crippen LogP) is 4.56. The number of rotatable bonds is 4. The average molecular weight is 354 g/mol. The van der Waals surface area contributed by atoms with E-state index in [9.17, 15) is 0 Å². The summed E-state index contributed by atoms with van der Waals surface area (Å²) in [6.07, 6.45) is 4.99. The number of ether oxygens (including phenoxy) is 1. The lowest BCUT2D eigenvalue weighted by molar-refractivity contribution is 0.412. The predicted molar refractivity (Wildman–Crippen MR) is 105 cm³/mol. The van der Waals surface area contributed by atoms with Crippen LogP contribution in [0.4, 0.5) is 5.69 Å². The molecule has 3 rings (SSSR count). The van der Waals surface area contributed by atoms with Crippen LogP contribution in [-0.2, 0) is 0 Å². The molecule has 2 aromatic heterocycles. The van der Waals surface area contributed by atoms with Gasteiger partial charge in [0.05, 0.1) is 23.9 Å². The molecule has 5 nitrogen and oxygen atoms in total. The number of pyridine rings is 1. The summed E-state index contributed by atoms with van der Waals surface area (Å²) in [5.41, 5.74) is 5.25. The third kappa shape index (κ3) is 4.87. The number of benzene rings is 1. The normalized spacial score (nSPS) is 9.76. The second kappa shape index (κ2) is 8.94. The van der Waals surface area contributed by atoms with E-state index < -0.39 is 0 Å². The summed E-state index contributed by atoms with van der Waals surface area (Å²) in [7, 11) is 3.49. The van der Waals surface area contributed by atoms with Gasteiger partial charge in [-0.3, -0.25) is 4.98 Å². The van der Waals surface area contributed by atoms with Gasteiger partial charge in [-0.1, -0.05) is 35.6 Å². The summed E-state index contributed by atoms with van der Waals surface area (Å²) in [6.45, 7) is 4.04. The molecule has 0 amide bonds. The lowest BCUT2D eigenvalue weighted by Gasteiger charge is -2.07. The minimum atomic E-state index is 0.669. The molecule has 0 saturated carbocycles. The number of hydrogen-bond acceptors (Lipinski definition) is 6. The van der Waals surface area contributed by atoms with Crippen LogP contribution >= 0.6 is 11.3 Å². The van der Waals surface area contributed by atoms with E-state index in [0.717, 1.165) is 27.4 Å². The SMILES string of the molecule is CNc1c(C)cccc1C=N.COc1ncc(-c2ccc(C)cn2)s1. The van der Waals surface area contributed by atoms with Crippen molar-refractivity contribution in [1.82, 2.24) is 9.97 Å². The van der Waals surface area contributed by atoms with Gasteiger partial charge in [-0.2, -0.15) is 0 Å². The molecule has 2 N–H and O–H groups in total. The number of hydrogen-bond donors (Lipinski definition) is 2. The Morgan fingerprint density at radius 3 is 2.44 bits per heavy atom. The Balaban J connectivity index is 0.000000186. The first-order valence-corrected chi connectivity index (χ1v) is 8.61. The minimum absolute atomic E-state index is 0.669. The van der Waals surface area contributed by atoms with Crippen LogP contribution < -0.4 is 10.1 Å². The molecule has 0 spiro atoms. The maximum absolute atomic E-state index is 7.12. The van der Waals surface area contributed by atoms with Gasteiger partial charge in [0.25, 0.3) is 5.19 Å². The van der Waals surface area contributed by atoms with Crippen LogP contribution in [0.1, 0.15) is 16.7 Å². The van der Waals surface area contributed by atoms with Gasteiger partial charge < -0.3 is 15.5 Å². The molecule has 0 bridgehead atoms.